The highest BCUT2D eigenvalue weighted by atomic mass is 127. The second-order valence-corrected chi connectivity index (χ2v) is 7.94. The van der Waals surface area contributed by atoms with Crippen LogP contribution >= 0.6 is 35.6 Å². The maximum Gasteiger partial charge on any atom is 0.228 e. The van der Waals surface area contributed by atoms with Gasteiger partial charge in [-0.15, -0.1) is 24.0 Å². The topological polar surface area (TPSA) is 95.7 Å². The van der Waals surface area contributed by atoms with Gasteiger partial charge in [-0.05, 0) is 50.5 Å². The molecule has 1 aromatic heterocycles. The van der Waals surface area contributed by atoms with Crippen molar-refractivity contribution in [3.05, 3.63) is 35.2 Å². The lowest BCUT2D eigenvalue weighted by molar-refractivity contribution is -0.130. The zero-order valence-electron chi connectivity index (χ0n) is 18.5. The second-order valence-electron chi connectivity index (χ2n) is 7.50. The van der Waals surface area contributed by atoms with Gasteiger partial charge in [-0.3, -0.25) is 9.79 Å². The summed E-state index contributed by atoms with van der Waals surface area (Å²) < 4.78 is 5.35. The quantitative estimate of drug-likeness (QED) is 0.204. The number of nitrogens with zero attached hydrogens (tertiary/aromatic N) is 4. The van der Waals surface area contributed by atoms with E-state index in [1.54, 1.807) is 12.1 Å². The minimum Gasteiger partial charge on any atom is -0.357 e. The van der Waals surface area contributed by atoms with Crippen molar-refractivity contribution in [2.24, 2.45) is 4.99 Å². The van der Waals surface area contributed by atoms with E-state index in [1.807, 2.05) is 24.0 Å². The van der Waals surface area contributed by atoms with E-state index in [4.69, 9.17) is 16.1 Å². The number of carbonyl (C=O) groups is 1. The third kappa shape index (κ3) is 8.57. The summed E-state index contributed by atoms with van der Waals surface area (Å²) in [5, 5.41) is 11.2. The molecule has 0 bridgehead atoms. The van der Waals surface area contributed by atoms with Gasteiger partial charge in [0.15, 0.2) is 5.96 Å². The SMILES string of the molecule is CCNC(=NCCCN1CCCCCC1=O)NCCc1nc(-c2ccc(Cl)cc2)no1.I. The molecule has 0 atom stereocenters. The van der Waals surface area contributed by atoms with E-state index in [0.29, 0.717) is 42.7 Å². The van der Waals surface area contributed by atoms with Crippen molar-refractivity contribution in [2.45, 2.75) is 45.4 Å². The Bertz CT molecular complexity index is 858. The van der Waals surface area contributed by atoms with Crippen LogP contribution < -0.4 is 10.6 Å². The van der Waals surface area contributed by atoms with E-state index >= 15 is 0 Å². The standard InChI is InChI=1S/C22H31ClN6O2.HI/c1-2-24-22(25-13-6-16-29-15-5-3-4-7-20(29)30)26-14-12-19-27-21(28-31-19)17-8-10-18(23)11-9-17;/h8-11H,2-7,12-16H2,1H3,(H2,24,25,26);1H. The fourth-order valence-electron chi connectivity index (χ4n) is 3.43. The molecule has 2 N–H and O–H groups in total. The first-order valence-corrected chi connectivity index (χ1v) is 11.4. The summed E-state index contributed by atoms with van der Waals surface area (Å²) in [5.74, 6) is 2.15. The van der Waals surface area contributed by atoms with Crippen LogP contribution in [0.1, 0.15) is 44.9 Å². The molecule has 1 saturated heterocycles. The van der Waals surface area contributed by atoms with E-state index in [9.17, 15) is 4.79 Å². The molecule has 32 heavy (non-hydrogen) atoms. The van der Waals surface area contributed by atoms with Gasteiger partial charge in [-0.1, -0.05) is 23.2 Å². The minimum absolute atomic E-state index is 0. The number of likely N-dealkylation sites (tertiary alicyclic amines) is 1. The summed E-state index contributed by atoms with van der Waals surface area (Å²) in [4.78, 5) is 23.1. The third-order valence-corrected chi connectivity index (χ3v) is 5.33. The molecule has 1 aliphatic heterocycles. The molecule has 0 saturated carbocycles. The van der Waals surface area contributed by atoms with Crippen LogP contribution in [0.5, 0.6) is 0 Å². The molecule has 0 radical (unpaired) electrons. The molecule has 1 aromatic carbocycles. The number of aromatic nitrogens is 2. The lowest BCUT2D eigenvalue weighted by Crippen LogP contribution is -2.38. The Kier molecular flexibility index (Phi) is 11.8. The second kappa shape index (κ2) is 14.3. The number of halogens is 2. The van der Waals surface area contributed by atoms with Crippen molar-refractivity contribution >= 4 is 47.4 Å². The highest BCUT2D eigenvalue weighted by molar-refractivity contribution is 14.0. The molecule has 10 heteroatoms. The van der Waals surface area contributed by atoms with Gasteiger partial charge in [0.25, 0.3) is 0 Å². The van der Waals surface area contributed by atoms with Gasteiger partial charge >= 0.3 is 0 Å². The maximum absolute atomic E-state index is 12.1. The average molecular weight is 575 g/mol. The molecule has 0 spiro atoms. The highest BCUT2D eigenvalue weighted by Gasteiger charge is 2.15. The van der Waals surface area contributed by atoms with Crippen LogP contribution in [0.15, 0.2) is 33.8 Å². The Morgan fingerprint density at radius 3 is 2.81 bits per heavy atom. The largest absolute Gasteiger partial charge is 0.357 e. The Hall–Kier alpha value is -1.88. The van der Waals surface area contributed by atoms with Crippen LogP contribution in [0.3, 0.4) is 0 Å². The number of rotatable bonds is 9. The first-order valence-electron chi connectivity index (χ1n) is 11.0. The Morgan fingerprint density at radius 1 is 1.22 bits per heavy atom. The Morgan fingerprint density at radius 2 is 2.03 bits per heavy atom. The zero-order chi connectivity index (χ0) is 21.9. The third-order valence-electron chi connectivity index (χ3n) is 5.07. The summed E-state index contributed by atoms with van der Waals surface area (Å²) >= 11 is 5.92. The number of carbonyl (C=O) groups excluding carboxylic acids is 1. The summed E-state index contributed by atoms with van der Waals surface area (Å²) in [5.41, 5.74) is 0.866. The fraction of sp³-hybridized carbons (Fsp3) is 0.545. The summed E-state index contributed by atoms with van der Waals surface area (Å²) in [6, 6.07) is 7.33. The van der Waals surface area contributed by atoms with Crippen LogP contribution in [0.4, 0.5) is 0 Å². The van der Waals surface area contributed by atoms with Crippen molar-refractivity contribution < 1.29 is 9.32 Å². The van der Waals surface area contributed by atoms with Gasteiger partial charge in [-0.2, -0.15) is 4.98 Å². The number of hydrogen-bond donors (Lipinski definition) is 2. The number of aliphatic imine (C=N–C) groups is 1. The molecule has 0 unspecified atom stereocenters. The zero-order valence-corrected chi connectivity index (χ0v) is 21.6. The van der Waals surface area contributed by atoms with E-state index in [2.05, 4.69) is 25.8 Å². The Balaban J connectivity index is 0.00000363. The van der Waals surface area contributed by atoms with Gasteiger partial charge in [0.05, 0.1) is 0 Å². The summed E-state index contributed by atoms with van der Waals surface area (Å²) in [6.07, 6.45) is 5.40. The van der Waals surface area contributed by atoms with Crippen molar-refractivity contribution in [3.8, 4) is 11.4 Å². The van der Waals surface area contributed by atoms with Crippen LogP contribution in [0.2, 0.25) is 5.02 Å². The minimum atomic E-state index is 0. The molecule has 176 valence electrons. The fourth-order valence-corrected chi connectivity index (χ4v) is 3.56. The molecule has 2 heterocycles. The molecule has 1 amide bonds. The number of nitrogens with one attached hydrogen (secondary N) is 2. The molecule has 3 rings (SSSR count). The number of amides is 1. The van der Waals surface area contributed by atoms with E-state index < -0.39 is 0 Å². The van der Waals surface area contributed by atoms with E-state index in [1.165, 1.54) is 0 Å². The van der Waals surface area contributed by atoms with Crippen molar-refractivity contribution in [3.63, 3.8) is 0 Å². The van der Waals surface area contributed by atoms with Gasteiger partial charge in [-0.25, -0.2) is 0 Å². The Labute approximate surface area is 211 Å². The normalized spacial score (nSPS) is 14.6. The van der Waals surface area contributed by atoms with Crippen molar-refractivity contribution in [1.29, 1.82) is 0 Å². The van der Waals surface area contributed by atoms with E-state index in [0.717, 1.165) is 56.8 Å². The molecular weight excluding hydrogens is 543 g/mol. The van der Waals surface area contributed by atoms with Crippen LogP contribution in [-0.2, 0) is 11.2 Å². The molecule has 8 nitrogen and oxygen atoms in total. The van der Waals surface area contributed by atoms with Crippen LogP contribution in [0, 0.1) is 0 Å². The predicted molar refractivity (Wildman–Crippen MR) is 138 cm³/mol. The summed E-state index contributed by atoms with van der Waals surface area (Å²) in [7, 11) is 0. The average Bonchev–Trinajstić information content (AvgIpc) is 3.14. The predicted octanol–water partition coefficient (Wildman–Crippen LogP) is 3.90. The summed E-state index contributed by atoms with van der Waals surface area (Å²) in [6.45, 7) is 5.75. The van der Waals surface area contributed by atoms with Gasteiger partial charge < -0.3 is 20.1 Å². The smallest absolute Gasteiger partial charge is 0.228 e. The lowest BCUT2D eigenvalue weighted by Gasteiger charge is -2.20. The van der Waals surface area contributed by atoms with Gasteiger partial charge in [0.1, 0.15) is 0 Å². The van der Waals surface area contributed by atoms with Crippen LogP contribution in [-0.4, -0.2) is 59.6 Å². The first-order chi connectivity index (χ1) is 15.2. The molecular formula is C22H32ClIN6O2. The molecule has 1 aliphatic rings. The van der Waals surface area contributed by atoms with Gasteiger partial charge in [0, 0.05) is 56.2 Å². The number of benzene rings is 1. The molecule has 1 fully saturated rings. The maximum atomic E-state index is 12.1. The highest BCUT2D eigenvalue weighted by Crippen LogP contribution is 2.18. The molecule has 2 aromatic rings. The van der Waals surface area contributed by atoms with Gasteiger partial charge in [0.2, 0.25) is 17.6 Å². The number of hydrogen-bond acceptors (Lipinski definition) is 5. The lowest BCUT2D eigenvalue weighted by atomic mass is 10.2. The van der Waals surface area contributed by atoms with Crippen LogP contribution in [0.25, 0.3) is 11.4 Å². The van der Waals surface area contributed by atoms with E-state index in [-0.39, 0.29) is 29.9 Å². The van der Waals surface area contributed by atoms with Crippen molar-refractivity contribution in [2.75, 3.05) is 32.7 Å². The monoisotopic (exact) mass is 574 g/mol. The number of guanidine groups is 1. The first kappa shape index (κ1) is 26.4. The molecule has 0 aliphatic carbocycles. The van der Waals surface area contributed by atoms with Crippen molar-refractivity contribution in [1.82, 2.24) is 25.7 Å².